The summed E-state index contributed by atoms with van der Waals surface area (Å²) in [6.07, 6.45) is 7.75. The largest absolute Gasteiger partial charge is 0.465 e. The number of hydrogen-bond donors (Lipinski definition) is 1. The molecule has 0 aromatic rings. The second-order valence-corrected chi connectivity index (χ2v) is 6.86. The molecule has 0 aromatic carbocycles. The Balaban J connectivity index is 1.94. The molecule has 1 saturated carbocycles. The van der Waals surface area contributed by atoms with E-state index < -0.39 is 5.54 Å². The van der Waals surface area contributed by atoms with Crippen LogP contribution in [0.15, 0.2) is 0 Å². The topological polar surface area (TPSA) is 55.6 Å². The van der Waals surface area contributed by atoms with E-state index in [9.17, 15) is 4.79 Å². The molecule has 2 N–H and O–H groups in total. The van der Waals surface area contributed by atoms with Gasteiger partial charge in [0.05, 0.1) is 6.61 Å². The molecule has 4 unspecified atom stereocenters. The summed E-state index contributed by atoms with van der Waals surface area (Å²) < 4.78 is 5.22. The van der Waals surface area contributed by atoms with Crippen LogP contribution < -0.4 is 5.73 Å². The number of rotatable bonds is 6. The molecular formula is C17H32N2O2. The molecule has 1 aliphatic heterocycles. The minimum absolute atomic E-state index is 0.186. The van der Waals surface area contributed by atoms with Crippen LogP contribution in [0.1, 0.15) is 65.7 Å². The minimum Gasteiger partial charge on any atom is -0.465 e. The van der Waals surface area contributed by atoms with Gasteiger partial charge >= 0.3 is 5.97 Å². The summed E-state index contributed by atoms with van der Waals surface area (Å²) >= 11 is 0. The predicted octanol–water partition coefficient (Wildman–Crippen LogP) is 2.70. The smallest absolute Gasteiger partial charge is 0.326 e. The zero-order valence-electron chi connectivity index (χ0n) is 13.9. The Bertz CT molecular complexity index is 361. The Morgan fingerprint density at radius 2 is 2.10 bits per heavy atom. The predicted molar refractivity (Wildman–Crippen MR) is 85.0 cm³/mol. The molecule has 2 rings (SSSR count). The van der Waals surface area contributed by atoms with Crippen molar-refractivity contribution >= 4 is 5.97 Å². The second-order valence-electron chi connectivity index (χ2n) is 6.86. The lowest BCUT2D eigenvalue weighted by molar-refractivity contribution is -0.151. The van der Waals surface area contributed by atoms with E-state index in [-0.39, 0.29) is 11.9 Å². The highest BCUT2D eigenvalue weighted by atomic mass is 16.5. The number of carbonyl (C=O) groups excluding carboxylic acids is 1. The van der Waals surface area contributed by atoms with E-state index in [2.05, 4.69) is 18.7 Å². The van der Waals surface area contributed by atoms with E-state index in [1.807, 2.05) is 6.92 Å². The number of nitrogens with zero attached hydrogens (tertiary/aromatic N) is 1. The zero-order chi connectivity index (χ0) is 15.5. The molecule has 1 saturated heterocycles. The third-order valence-corrected chi connectivity index (χ3v) is 5.69. The lowest BCUT2D eigenvalue weighted by atomic mass is 9.85. The third kappa shape index (κ3) is 3.42. The van der Waals surface area contributed by atoms with Gasteiger partial charge in [-0.3, -0.25) is 9.69 Å². The second kappa shape index (κ2) is 7.10. The van der Waals surface area contributed by atoms with Crippen molar-refractivity contribution in [1.82, 2.24) is 4.90 Å². The summed E-state index contributed by atoms with van der Waals surface area (Å²) in [5.74, 6) is 0.0934. The van der Waals surface area contributed by atoms with Gasteiger partial charge in [-0.1, -0.05) is 13.3 Å². The number of ether oxygens (including phenoxy) is 1. The van der Waals surface area contributed by atoms with Crippen molar-refractivity contribution in [2.24, 2.45) is 11.7 Å². The number of esters is 1. The maximum absolute atomic E-state index is 12.2. The Kier molecular flexibility index (Phi) is 5.67. The fourth-order valence-corrected chi connectivity index (χ4v) is 4.31. The first-order valence-electron chi connectivity index (χ1n) is 8.74. The Morgan fingerprint density at radius 1 is 1.33 bits per heavy atom. The molecule has 4 atom stereocenters. The van der Waals surface area contributed by atoms with Crippen molar-refractivity contribution in [3.05, 3.63) is 0 Å². The SMILES string of the molecule is CCOC(=O)C1(N)CCCC1CCN1C(C)CCC1CC. The monoisotopic (exact) mass is 296 g/mol. The first-order chi connectivity index (χ1) is 10.0. The fourth-order valence-electron chi connectivity index (χ4n) is 4.31. The van der Waals surface area contributed by atoms with Crippen LogP contribution in [-0.2, 0) is 9.53 Å². The molecular weight excluding hydrogens is 264 g/mol. The van der Waals surface area contributed by atoms with E-state index in [0.29, 0.717) is 12.6 Å². The molecule has 2 aliphatic rings. The molecule has 0 bridgehead atoms. The van der Waals surface area contributed by atoms with E-state index in [1.54, 1.807) is 0 Å². The summed E-state index contributed by atoms with van der Waals surface area (Å²) in [5.41, 5.74) is 5.69. The highest BCUT2D eigenvalue weighted by molar-refractivity contribution is 5.81. The van der Waals surface area contributed by atoms with Crippen LogP contribution in [0.2, 0.25) is 0 Å². The number of likely N-dealkylation sites (tertiary alicyclic amines) is 1. The van der Waals surface area contributed by atoms with Crippen molar-refractivity contribution in [3.8, 4) is 0 Å². The molecule has 0 radical (unpaired) electrons. The third-order valence-electron chi connectivity index (χ3n) is 5.69. The van der Waals surface area contributed by atoms with Gasteiger partial charge in [0.25, 0.3) is 0 Å². The zero-order valence-corrected chi connectivity index (χ0v) is 13.9. The van der Waals surface area contributed by atoms with Gasteiger partial charge in [0.2, 0.25) is 0 Å². The summed E-state index contributed by atoms with van der Waals surface area (Å²) in [6.45, 7) is 7.94. The van der Waals surface area contributed by atoms with Gasteiger partial charge in [-0.2, -0.15) is 0 Å². The summed E-state index contributed by atoms with van der Waals surface area (Å²) in [4.78, 5) is 14.8. The number of nitrogens with two attached hydrogens (primary N) is 1. The molecule has 1 aliphatic carbocycles. The van der Waals surface area contributed by atoms with Gasteiger partial charge in [0, 0.05) is 12.1 Å². The molecule has 2 fully saturated rings. The van der Waals surface area contributed by atoms with Gasteiger partial charge in [0.15, 0.2) is 0 Å². The first kappa shape index (κ1) is 16.8. The minimum atomic E-state index is -0.735. The van der Waals surface area contributed by atoms with Crippen molar-refractivity contribution in [2.45, 2.75) is 83.3 Å². The van der Waals surface area contributed by atoms with Gasteiger partial charge < -0.3 is 10.5 Å². The van der Waals surface area contributed by atoms with E-state index in [4.69, 9.17) is 10.5 Å². The average molecular weight is 296 g/mol. The molecule has 1 heterocycles. The van der Waals surface area contributed by atoms with Crippen LogP contribution in [0.4, 0.5) is 0 Å². The van der Waals surface area contributed by atoms with Crippen LogP contribution in [0.5, 0.6) is 0 Å². The maximum atomic E-state index is 12.2. The standard InChI is InChI=1S/C17H32N2O2/c1-4-15-9-8-13(3)19(15)12-10-14-7-6-11-17(14,18)16(20)21-5-2/h13-15H,4-12,18H2,1-3H3. The quantitative estimate of drug-likeness (QED) is 0.766. The Hall–Kier alpha value is -0.610. The van der Waals surface area contributed by atoms with Crippen molar-refractivity contribution in [2.75, 3.05) is 13.2 Å². The van der Waals surface area contributed by atoms with Crippen LogP contribution in [0.3, 0.4) is 0 Å². The fraction of sp³-hybridized carbons (Fsp3) is 0.941. The van der Waals surface area contributed by atoms with Crippen molar-refractivity contribution < 1.29 is 9.53 Å². The average Bonchev–Trinajstić information content (AvgIpc) is 3.01. The van der Waals surface area contributed by atoms with Crippen LogP contribution >= 0.6 is 0 Å². The van der Waals surface area contributed by atoms with Crippen molar-refractivity contribution in [1.29, 1.82) is 0 Å². The molecule has 122 valence electrons. The molecule has 21 heavy (non-hydrogen) atoms. The Labute approximate surface area is 129 Å². The lowest BCUT2D eigenvalue weighted by Crippen LogP contribution is -2.52. The summed E-state index contributed by atoms with van der Waals surface area (Å²) in [5, 5.41) is 0. The van der Waals surface area contributed by atoms with Crippen molar-refractivity contribution in [3.63, 3.8) is 0 Å². The highest BCUT2D eigenvalue weighted by Crippen LogP contribution is 2.38. The van der Waals surface area contributed by atoms with Gasteiger partial charge in [-0.15, -0.1) is 0 Å². The summed E-state index contributed by atoms with van der Waals surface area (Å²) in [7, 11) is 0. The molecule has 0 aromatic heterocycles. The molecule has 4 heteroatoms. The molecule has 0 amide bonds. The Morgan fingerprint density at radius 3 is 2.76 bits per heavy atom. The summed E-state index contributed by atoms with van der Waals surface area (Å²) in [6, 6.07) is 1.39. The first-order valence-corrected chi connectivity index (χ1v) is 8.74. The molecule has 4 nitrogen and oxygen atoms in total. The van der Waals surface area contributed by atoms with Gasteiger partial charge in [0.1, 0.15) is 5.54 Å². The highest BCUT2D eigenvalue weighted by Gasteiger charge is 2.47. The number of hydrogen-bond acceptors (Lipinski definition) is 4. The van der Waals surface area contributed by atoms with Crippen LogP contribution in [-0.4, -0.2) is 41.6 Å². The van der Waals surface area contributed by atoms with E-state index in [0.717, 1.165) is 38.3 Å². The normalized spacial score (nSPS) is 37.0. The van der Waals surface area contributed by atoms with Gasteiger partial charge in [-0.25, -0.2) is 0 Å². The van der Waals surface area contributed by atoms with E-state index >= 15 is 0 Å². The van der Waals surface area contributed by atoms with Crippen LogP contribution in [0.25, 0.3) is 0 Å². The molecule has 0 spiro atoms. The maximum Gasteiger partial charge on any atom is 0.326 e. The van der Waals surface area contributed by atoms with E-state index in [1.165, 1.54) is 19.3 Å². The van der Waals surface area contributed by atoms with Crippen LogP contribution in [0, 0.1) is 5.92 Å². The lowest BCUT2D eigenvalue weighted by Gasteiger charge is -2.33. The van der Waals surface area contributed by atoms with Gasteiger partial charge in [-0.05, 0) is 64.8 Å². The number of carbonyl (C=O) groups is 1.